The summed E-state index contributed by atoms with van der Waals surface area (Å²) in [5.41, 5.74) is 2.39. The minimum absolute atomic E-state index is 0.0333. The number of carbonyl (C=O) groups excluding carboxylic acids is 1. The number of aliphatic hydroxyl groups excluding tert-OH is 1. The van der Waals surface area contributed by atoms with Crippen molar-refractivity contribution in [1.29, 1.82) is 0 Å². The van der Waals surface area contributed by atoms with Gasteiger partial charge in [-0.05, 0) is 43.3 Å². The van der Waals surface area contributed by atoms with Crippen LogP contribution in [0.1, 0.15) is 25.5 Å². The molecule has 4 aromatic rings. The fourth-order valence-electron chi connectivity index (χ4n) is 5.23. The molecule has 0 radical (unpaired) electrons. The van der Waals surface area contributed by atoms with E-state index in [-0.39, 0.29) is 35.6 Å². The molecule has 2 N–H and O–H groups in total. The van der Waals surface area contributed by atoms with Crippen molar-refractivity contribution in [1.82, 2.24) is 14.2 Å². The molecule has 0 aliphatic carbocycles. The zero-order chi connectivity index (χ0) is 26.5. The third-order valence-corrected chi connectivity index (χ3v) is 8.58. The number of carbonyl (C=O) groups is 1. The second-order valence-electron chi connectivity index (χ2n) is 10.0. The number of hydrogen-bond donors (Lipinski definition) is 2. The lowest BCUT2D eigenvalue weighted by Gasteiger charge is -2.43. The minimum atomic E-state index is -3.97. The molecule has 1 saturated heterocycles. The van der Waals surface area contributed by atoms with Crippen molar-refractivity contribution in [2.45, 2.75) is 43.9 Å². The Morgan fingerprint density at radius 1 is 1.00 bits per heavy atom. The van der Waals surface area contributed by atoms with Crippen molar-refractivity contribution in [2.75, 3.05) is 13.1 Å². The summed E-state index contributed by atoms with van der Waals surface area (Å²) < 4.78 is 45.3. The number of nitrogens with one attached hydrogen (secondary N) is 1. The smallest absolute Gasteiger partial charge is 0.240 e. The number of aliphatic hydroxyl groups is 1. The maximum Gasteiger partial charge on any atom is 0.240 e. The molecule has 194 valence electrons. The lowest BCUT2D eigenvalue weighted by Crippen LogP contribution is -2.60. The van der Waals surface area contributed by atoms with Gasteiger partial charge in [-0.3, -0.25) is 4.79 Å². The molecule has 9 heteroatoms. The molecule has 1 aromatic heterocycles. The average molecular weight is 524 g/mol. The van der Waals surface area contributed by atoms with Crippen molar-refractivity contribution < 1.29 is 22.7 Å². The number of fused-ring (bicyclic) bond motifs is 3. The topological polar surface area (TPSA) is 91.6 Å². The summed E-state index contributed by atoms with van der Waals surface area (Å²) in [6, 6.07) is 16.8. The van der Waals surface area contributed by atoms with Gasteiger partial charge in [0, 0.05) is 40.8 Å². The Bertz CT molecular complexity index is 1580. The molecule has 3 aromatic carbocycles. The zero-order valence-electron chi connectivity index (χ0n) is 20.9. The van der Waals surface area contributed by atoms with Gasteiger partial charge in [0.1, 0.15) is 5.82 Å². The molecule has 3 atom stereocenters. The van der Waals surface area contributed by atoms with Gasteiger partial charge in [-0.2, -0.15) is 0 Å². The first kappa shape index (κ1) is 25.4. The molecule has 0 spiro atoms. The fourth-order valence-corrected chi connectivity index (χ4v) is 6.47. The van der Waals surface area contributed by atoms with Crippen LogP contribution in [0.4, 0.5) is 4.39 Å². The molecule has 1 aliphatic heterocycles. The van der Waals surface area contributed by atoms with E-state index in [1.807, 2.05) is 35.8 Å². The van der Waals surface area contributed by atoms with Crippen LogP contribution in [0, 0.1) is 18.7 Å². The van der Waals surface area contributed by atoms with Gasteiger partial charge < -0.3 is 14.6 Å². The molecular weight excluding hydrogens is 493 g/mol. The Morgan fingerprint density at radius 2 is 1.68 bits per heavy atom. The maximum atomic E-state index is 14.2. The first-order valence-electron chi connectivity index (χ1n) is 12.3. The van der Waals surface area contributed by atoms with Crippen LogP contribution in [0.2, 0.25) is 0 Å². The first-order chi connectivity index (χ1) is 17.6. The lowest BCUT2D eigenvalue weighted by molar-refractivity contribution is -0.138. The van der Waals surface area contributed by atoms with Crippen molar-refractivity contribution in [3.05, 3.63) is 78.1 Å². The molecule has 0 bridgehead atoms. The summed E-state index contributed by atoms with van der Waals surface area (Å²) in [5, 5.41) is 13.1. The number of likely N-dealkylation sites (tertiary alicyclic amines) is 1. The highest BCUT2D eigenvalue weighted by Crippen LogP contribution is 2.36. The largest absolute Gasteiger partial charge is 0.389 e. The number of sulfonamides is 1. The second-order valence-corrected chi connectivity index (χ2v) is 11.8. The number of hydrogen-bond acceptors (Lipinski definition) is 4. The van der Waals surface area contributed by atoms with Gasteiger partial charge in [0.2, 0.25) is 15.9 Å². The van der Waals surface area contributed by atoms with Gasteiger partial charge in [0.05, 0.1) is 23.1 Å². The Kier molecular flexibility index (Phi) is 6.55. The highest BCUT2D eigenvalue weighted by atomic mass is 32.2. The number of amides is 1. The fraction of sp³-hybridized carbons (Fsp3) is 0.321. The normalized spacial score (nSPS) is 20.7. The van der Waals surface area contributed by atoms with Gasteiger partial charge in [0.25, 0.3) is 0 Å². The monoisotopic (exact) mass is 523 g/mol. The van der Waals surface area contributed by atoms with Crippen LogP contribution in [-0.4, -0.2) is 54.1 Å². The van der Waals surface area contributed by atoms with Gasteiger partial charge in [-0.1, -0.05) is 49.7 Å². The SMILES string of the molecule is Cc1ccc(S(=O)(=O)N[C@@H]2CN(C(=O)C(C)C)C[C@H](n3c4ccccc4c4cc(F)ccc43)[C@H]2O)cc1. The summed E-state index contributed by atoms with van der Waals surface area (Å²) in [7, 11) is -3.97. The molecule has 1 fully saturated rings. The Balaban J connectivity index is 1.61. The van der Waals surface area contributed by atoms with Crippen LogP contribution in [0.3, 0.4) is 0 Å². The summed E-state index contributed by atoms with van der Waals surface area (Å²) in [5.74, 6) is -0.819. The number of rotatable bonds is 5. The van der Waals surface area contributed by atoms with E-state index >= 15 is 0 Å². The molecule has 2 heterocycles. The van der Waals surface area contributed by atoms with Crippen LogP contribution >= 0.6 is 0 Å². The lowest BCUT2D eigenvalue weighted by atomic mass is 9.96. The number of aromatic nitrogens is 1. The highest BCUT2D eigenvalue weighted by molar-refractivity contribution is 7.89. The molecule has 5 rings (SSSR count). The predicted molar refractivity (Wildman–Crippen MR) is 141 cm³/mol. The minimum Gasteiger partial charge on any atom is -0.389 e. The van der Waals surface area contributed by atoms with E-state index < -0.39 is 28.2 Å². The summed E-state index contributed by atoms with van der Waals surface area (Å²) in [6.45, 7) is 5.66. The Morgan fingerprint density at radius 3 is 2.38 bits per heavy atom. The van der Waals surface area contributed by atoms with Gasteiger partial charge in [-0.15, -0.1) is 0 Å². The van der Waals surface area contributed by atoms with E-state index in [2.05, 4.69) is 4.72 Å². The van der Waals surface area contributed by atoms with E-state index in [0.717, 1.165) is 16.5 Å². The number of para-hydroxylation sites is 1. The maximum absolute atomic E-state index is 14.2. The van der Waals surface area contributed by atoms with Crippen molar-refractivity contribution in [3.63, 3.8) is 0 Å². The molecule has 0 saturated carbocycles. The van der Waals surface area contributed by atoms with E-state index in [0.29, 0.717) is 10.9 Å². The van der Waals surface area contributed by atoms with Gasteiger partial charge >= 0.3 is 0 Å². The molecule has 1 aliphatic rings. The van der Waals surface area contributed by atoms with Crippen LogP contribution in [0.15, 0.2) is 71.6 Å². The zero-order valence-corrected chi connectivity index (χ0v) is 21.7. The first-order valence-corrected chi connectivity index (χ1v) is 13.8. The molecule has 1 amide bonds. The molecule has 0 unspecified atom stereocenters. The summed E-state index contributed by atoms with van der Waals surface area (Å²) in [4.78, 5) is 14.8. The van der Waals surface area contributed by atoms with Crippen LogP contribution in [0.5, 0.6) is 0 Å². The summed E-state index contributed by atoms with van der Waals surface area (Å²) >= 11 is 0. The molecule has 37 heavy (non-hydrogen) atoms. The van der Waals surface area contributed by atoms with Crippen molar-refractivity contribution >= 4 is 37.7 Å². The standard InChI is InChI=1S/C28H30FN3O4S/c1-17(2)28(34)31-15-23(30-37(35,36)20-11-8-18(3)9-12-20)27(33)26(16-31)32-24-7-5-4-6-21(24)22-14-19(29)10-13-25(22)32/h4-14,17,23,26-27,30,33H,15-16H2,1-3H3/t23-,26+,27+/m1/s1. The molecular formula is C28H30FN3O4S. The average Bonchev–Trinajstić information content (AvgIpc) is 3.18. The highest BCUT2D eigenvalue weighted by Gasteiger charge is 2.41. The number of nitrogens with zero attached hydrogens (tertiary/aromatic N) is 2. The van der Waals surface area contributed by atoms with Crippen LogP contribution < -0.4 is 4.72 Å². The van der Waals surface area contributed by atoms with E-state index in [1.165, 1.54) is 24.3 Å². The van der Waals surface area contributed by atoms with E-state index in [9.17, 15) is 22.7 Å². The third-order valence-electron chi connectivity index (χ3n) is 7.08. The van der Waals surface area contributed by atoms with E-state index in [4.69, 9.17) is 0 Å². The summed E-state index contributed by atoms with van der Waals surface area (Å²) in [6.07, 6.45) is -1.15. The number of aryl methyl sites for hydroxylation is 1. The van der Waals surface area contributed by atoms with Crippen LogP contribution in [0.25, 0.3) is 21.8 Å². The Labute approximate surface area is 215 Å². The Hall–Kier alpha value is -3.27. The predicted octanol–water partition coefficient (Wildman–Crippen LogP) is 3.99. The third kappa shape index (κ3) is 4.63. The van der Waals surface area contributed by atoms with E-state index in [1.54, 1.807) is 36.9 Å². The second kappa shape index (κ2) is 9.55. The van der Waals surface area contributed by atoms with Crippen LogP contribution in [-0.2, 0) is 14.8 Å². The quantitative estimate of drug-likeness (QED) is 0.414. The van der Waals surface area contributed by atoms with Gasteiger partial charge in [-0.25, -0.2) is 17.5 Å². The van der Waals surface area contributed by atoms with Gasteiger partial charge in [0.15, 0.2) is 0 Å². The molecule has 7 nitrogen and oxygen atoms in total. The van der Waals surface area contributed by atoms with Crippen molar-refractivity contribution in [2.24, 2.45) is 5.92 Å². The number of benzene rings is 3. The number of piperidine rings is 1. The van der Waals surface area contributed by atoms with Crippen molar-refractivity contribution in [3.8, 4) is 0 Å². The number of halogens is 1.